The predicted octanol–water partition coefficient (Wildman–Crippen LogP) is 2.88. The first-order chi connectivity index (χ1) is 10.2. The van der Waals surface area contributed by atoms with Gasteiger partial charge in [0.15, 0.2) is 0 Å². The van der Waals surface area contributed by atoms with Crippen LogP contribution in [0.25, 0.3) is 10.1 Å². The Morgan fingerprint density at radius 2 is 2.24 bits per heavy atom. The minimum absolute atomic E-state index is 0.0475. The Kier molecular flexibility index (Phi) is 3.47. The summed E-state index contributed by atoms with van der Waals surface area (Å²) in [5.41, 5.74) is 0.512. The number of aromatic nitrogens is 1. The third-order valence-corrected chi connectivity index (χ3v) is 6.51. The van der Waals surface area contributed by atoms with E-state index in [2.05, 4.69) is 31.1 Å². The van der Waals surface area contributed by atoms with E-state index in [1.54, 1.807) is 17.5 Å². The summed E-state index contributed by atoms with van der Waals surface area (Å²) in [7, 11) is 0. The second-order valence-electron chi connectivity index (χ2n) is 5.87. The SMILES string of the molecule is O=C(N[C@H]1CN2CCC1CC2)c1cc2c(Br)csc2cn1. The summed E-state index contributed by atoms with van der Waals surface area (Å²) in [6, 6.07) is 2.16. The van der Waals surface area contributed by atoms with Crippen molar-refractivity contribution in [2.24, 2.45) is 5.92 Å². The fraction of sp³-hybridized carbons (Fsp3) is 0.467. The van der Waals surface area contributed by atoms with Gasteiger partial charge in [0.2, 0.25) is 0 Å². The van der Waals surface area contributed by atoms with Gasteiger partial charge >= 0.3 is 0 Å². The number of nitrogens with one attached hydrogen (secondary N) is 1. The van der Waals surface area contributed by atoms with Crippen molar-refractivity contribution in [3.05, 3.63) is 27.8 Å². The molecule has 6 heteroatoms. The minimum atomic E-state index is -0.0475. The van der Waals surface area contributed by atoms with Gasteiger partial charge in [0.1, 0.15) is 5.69 Å². The van der Waals surface area contributed by atoms with E-state index in [-0.39, 0.29) is 11.9 Å². The van der Waals surface area contributed by atoms with Gasteiger partial charge in [-0.05, 0) is 53.8 Å². The van der Waals surface area contributed by atoms with E-state index in [1.165, 1.54) is 25.9 Å². The molecular formula is C15H16BrN3OS. The van der Waals surface area contributed by atoms with Crippen LogP contribution in [0.4, 0.5) is 0 Å². The Balaban J connectivity index is 1.54. The van der Waals surface area contributed by atoms with Crippen LogP contribution in [-0.4, -0.2) is 41.5 Å². The number of thiophene rings is 1. The molecule has 1 N–H and O–H groups in total. The lowest BCUT2D eigenvalue weighted by Gasteiger charge is -2.44. The van der Waals surface area contributed by atoms with Crippen molar-refractivity contribution >= 4 is 43.3 Å². The van der Waals surface area contributed by atoms with Crippen LogP contribution in [-0.2, 0) is 0 Å². The molecule has 2 aromatic rings. The number of hydrogen-bond acceptors (Lipinski definition) is 4. The molecule has 0 radical (unpaired) electrons. The Bertz CT molecular complexity index is 693. The van der Waals surface area contributed by atoms with Gasteiger partial charge in [0.25, 0.3) is 5.91 Å². The highest BCUT2D eigenvalue weighted by Gasteiger charge is 2.35. The molecule has 0 aliphatic carbocycles. The molecule has 1 amide bonds. The highest BCUT2D eigenvalue weighted by Crippen LogP contribution is 2.30. The molecule has 21 heavy (non-hydrogen) atoms. The monoisotopic (exact) mass is 365 g/mol. The number of halogens is 1. The lowest BCUT2D eigenvalue weighted by Crippen LogP contribution is -2.57. The van der Waals surface area contributed by atoms with Crippen LogP contribution >= 0.6 is 27.3 Å². The van der Waals surface area contributed by atoms with Crippen LogP contribution in [0.2, 0.25) is 0 Å². The standard InChI is InChI=1S/C15H16BrN3OS/c16-11-8-21-14-6-17-12(5-10(11)14)15(20)18-13-7-19-3-1-9(13)2-4-19/h5-6,8-9,13H,1-4,7H2,(H,18,20)/t13-/m0/s1. The van der Waals surface area contributed by atoms with Crippen LogP contribution < -0.4 is 5.32 Å². The molecule has 3 fully saturated rings. The third kappa shape index (κ3) is 2.49. The van der Waals surface area contributed by atoms with E-state index in [1.807, 2.05) is 11.4 Å². The van der Waals surface area contributed by atoms with Crippen molar-refractivity contribution in [1.82, 2.24) is 15.2 Å². The molecule has 1 atom stereocenters. The van der Waals surface area contributed by atoms with Crippen LogP contribution in [0.5, 0.6) is 0 Å². The molecule has 3 aliphatic rings. The fourth-order valence-corrected chi connectivity index (χ4v) is 4.90. The lowest BCUT2D eigenvalue weighted by molar-refractivity contribution is 0.0618. The van der Waals surface area contributed by atoms with Crippen molar-refractivity contribution in [1.29, 1.82) is 0 Å². The van der Waals surface area contributed by atoms with Gasteiger partial charge in [-0.3, -0.25) is 4.79 Å². The first kappa shape index (κ1) is 13.7. The number of amides is 1. The van der Waals surface area contributed by atoms with Gasteiger partial charge < -0.3 is 10.2 Å². The average molecular weight is 366 g/mol. The van der Waals surface area contributed by atoms with Crippen LogP contribution in [0.1, 0.15) is 23.3 Å². The Labute approximate surface area is 135 Å². The van der Waals surface area contributed by atoms with Gasteiger partial charge in [-0.25, -0.2) is 4.98 Å². The van der Waals surface area contributed by atoms with Gasteiger partial charge in [0, 0.05) is 34.0 Å². The maximum Gasteiger partial charge on any atom is 0.270 e. The molecule has 2 bridgehead atoms. The smallest absolute Gasteiger partial charge is 0.270 e. The van der Waals surface area contributed by atoms with Gasteiger partial charge in [-0.1, -0.05) is 0 Å². The van der Waals surface area contributed by atoms with E-state index in [4.69, 9.17) is 0 Å². The molecule has 5 rings (SSSR count). The molecule has 110 valence electrons. The highest BCUT2D eigenvalue weighted by molar-refractivity contribution is 9.10. The molecule has 0 spiro atoms. The predicted molar refractivity (Wildman–Crippen MR) is 87.7 cm³/mol. The third-order valence-electron chi connectivity index (χ3n) is 4.62. The van der Waals surface area contributed by atoms with E-state index in [0.717, 1.165) is 21.1 Å². The highest BCUT2D eigenvalue weighted by atomic mass is 79.9. The molecule has 3 aliphatic heterocycles. The first-order valence-electron chi connectivity index (χ1n) is 7.26. The first-order valence-corrected chi connectivity index (χ1v) is 8.94. The number of piperidine rings is 3. The molecular weight excluding hydrogens is 350 g/mol. The maximum atomic E-state index is 12.5. The zero-order chi connectivity index (χ0) is 14.4. The zero-order valence-corrected chi connectivity index (χ0v) is 13.9. The van der Waals surface area contributed by atoms with E-state index in [9.17, 15) is 4.79 Å². The molecule has 2 aromatic heterocycles. The molecule has 4 nitrogen and oxygen atoms in total. The van der Waals surface area contributed by atoms with Gasteiger partial charge in [0.05, 0.1) is 4.70 Å². The Hall–Kier alpha value is -0.980. The van der Waals surface area contributed by atoms with Crippen LogP contribution in [0, 0.1) is 5.92 Å². The Morgan fingerprint density at radius 1 is 1.43 bits per heavy atom. The summed E-state index contributed by atoms with van der Waals surface area (Å²) in [5.74, 6) is 0.587. The van der Waals surface area contributed by atoms with Crippen molar-refractivity contribution < 1.29 is 4.79 Å². The summed E-state index contributed by atoms with van der Waals surface area (Å²) < 4.78 is 2.13. The zero-order valence-electron chi connectivity index (χ0n) is 11.5. The number of fused-ring (bicyclic) bond motifs is 4. The second-order valence-corrected chi connectivity index (χ2v) is 7.63. The average Bonchev–Trinajstić information content (AvgIpc) is 2.89. The topological polar surface area (TPSA) is 45.2 Å². The molecule has 5 heterocycles. The van der Waals surface area contributed by atoms with Crippen molar-refractivity contribution in [3.63, 3.8) is 0 Å². The van der Waals surface area contributed by atoms with Crippen LogP contribution in [0.3, 0.4) is 0 Å². The summed E-state index contributed by atoms with van der Waals surface area (Å²) in [4.78, 5) is 19.2. The molecule has 0 saturated carbocycles. The number of pyridine rings is 1. The summed E-state index contributed by atoms with van der Waals surface area (Å²) in [6.45, 7) is 3.35. The summed E-state index contributed by atoms with van der Waals surface area (Å²) >= 11 is 5.15. The second kappa shape index (κ2) is 5.34. The molecule has 0 aromatic carbocycles. The molecule has 0 unspecified atom stereocenters. The Morgan fingerprint density at radius 3 is 2.95 bits per heavy atom. The van der Waals surface area contributed by atoms with Gasteiger partial charge in [-0.15, -0.1) is 11.3 Å². The van der Waals surface area contributed by atoms with Crippen molar-refractivity contribution in [2.45, 2.75) is 18.9 Å². The maximum absolute atomic E-state index is 12.5. The number of hydrogen-bond donors (Lipinski definition) is 1. The van der Waals surface area contributed by atoms with E-state index in [0.29, 0.717) is 11.6 Å². The van der Waals surface area contributed by atoms with Crippen molar-refractivity contribution in [3.8, 4) is 0 Å². The van der Waals surface area contributed by atoms with E-state index >= 15 is 0 Å². The number of carbonyl (C=O) groups is 1. The van der Waals surface area contributed by atoms with E-state index < -0.39 is 0 Å². The number of rotatable bonds is 2. The van der Waals surface area contributed by atoms with Gasteiger partial charge in [-0.2, -0.15) is 0 Å². The van der Waals surface area contributed by atoms with Crippen LogP contribution in [0.15, 0.2) is 22.1 Å². The normalized spacial score (nSPS) is 28.0. The fourth-order valence-electron chi connectivity index (χ4n) is 3.40. The summed E-state index contributed by atoms with van der Waals surface area (Å²) in [5, 5.41) is 6.28. The lowest BCUT2D eigenvalue weighted by atomic mass is 9.84. The largest absolute Gasteiger partial charge is 0.346 e. The minimum Gasteiger partial charge on any atom is -0.346 e. The quantitative estimate of drug-likeness (QED) is 0.889. The molecule has 3 saturated heterocycles. The van der Waals surface area contributed by atoms with Crippen molar-refractivity contribution in [2.75, 3.05) is 19.6 Å². The number of nitrogens with zero attached hydrogens (tertiary/aromatic N) is 2. The summed E-state index contributed by atoms with van der Waals surface area (Å²) in [6.07, 6.45) is 4.19. The number of carbonyl (C=O) groups excluding carboxylic acids is 1.